The highest BCUT2D eigenvalue weighted by molar-refractivity contribution is 7.10. The number of nitrogens with one attached hydrogen (secondary N) is 1. The summed E-state index contributed by atoms with van der Waals surface area (Å²) in [5.74, 6) is 0. The van der Waals surface area contributed by atoms with Crippen LogP contribution in [0.1, 0.15) is 30.5 Å². The highest BCUT2D eigenvalue weighted by atomic mass is 35.5. The van der Waals surface area contributed by atoms with Gasteiger partial charge in [0.2, 0.25) is 0 Å². The van der Waals surface area contributed by atoms with Crippen molar-refractivity contribution in [3.05, 3.63) is 38.3 Å². The Balaban J connectivity index is 2.47. The van der Waals surface area contributed by atoms with Crippen molar-refractivity contribution in [3.8, 4) is 0 Å². The normalized spacial score (nSPS) is 12.9. The third kappa shape index (κ3) is 2.57. The van der Waals surface area contributed by atoms with Gasteiger partial charge in [0.1, 0.15) is 0 Å². The van der Waals surface area contributed by atoms with Crippen molar-refractivity contribution in [1.82, 2.24) is 15.1 Å². The van der Waals surface area contributed by atoms with Gasteiger partial charge in [-0.1, -0.05) is 30.1 Å². The molecule has 1 unspecified atom stereocenters. The van der Waals surface area contributed by atoms with E-state index in [1.54, 1.807) is 17.5 Å². The Kier molecular flexibility index (Phi) is 4.67. The summed E-state index contributed by atoms with van der Waals surface area (Å²) in [5, 5.41) is 11.1. The number of hydrogen-bond donors (Lipinski definition) is 1. The molecule has 3 nitrogen and oxygen atoms in total. The lowest BCUT2D eigenvalue weighted by atomic mass is 10.1. The standard InChI is InChI=1S/C12H15Cl2N3S/c1-3-15-10(12-8(13)5-6-18-12)11-9(14)7-16-17(11)4-2/h5-7,10,15H,3-4H2,1-2H3. The molecule has 2 aromatic rings. The second-order valence-electron chi connectivity index (χ2n) is 3.82. The monoisotopic (exact) mass is 303 g/mol. The molecule has 0 fully saturated rings. The maximum absolute atomic E-state index is 6.26. The third-order valence-electron chi connectivity index (χ3n) is 2.72. The van der Waals surface area contributed by atoms with Gasteiger partial charge in [0, 0.05) is 11.4 Å². The van der Waals surface area contributed by atoms with Crippen molar-refractivity contribution < 1.29 is 0 Å². The minimum Gasteiger partial charge on any atom is -0.304 e. The van der Waals surface area contributed by atoms with Crippen molar-refractivity contribution in [2.45, 2.75) is 26.4 Å². The maximum atomic E-state index is 6.26. The van der Waals surface area contributed by atoms with Crippen LogP contribution in [0.25, 0.3) is 0 Å². The van der Waals surface area contributed by atoms with Crippen molar-refractivity contribution in [2.24, 2.45) is 0 Å². The van der Waals surface area contributed by atoms with Gasteiger partial charge >= 0.3 is 0 Å². The summed E-state index contributed by atoms with van der Waals surface area (Å²) < 4.78 is 1.91. The molecule has 1 atom stereocenters. The van der Waals surface area contributed by atoms with E-state index >= 15 is 0 Å². The topological polar surface area (TPSA) is 29.9 Å². The molecule has 2 rings (SSSR count). The van der Waals surface area contributed by atoms with Crippen LogP contribution in [0.2, 0.25) is 10.0 Å². The van der Waals surface area contributed by atoms with Crippen LogP contribution < -0.4 is 5.32 Å². The largest absolute Gasteiger partial charge is 0.304 e. The summed E-state index contributed by atoms with van der Waals surface area (Å²) in [6, 6.07) is 1.91. The van der Waals surface area contributed by atoms with Crippen molar-refractivity contribution in [3.63, 3.8) is 0 Å². The first kappa shape index (κ1) is 13.9. The van der Waals surface area contributed by atoms with E-state index in [1.165, 1.54) is 0 Å². The number of nitrogens with zero attached hydrogens (tertiary/aromatic N) is 2. The molecule has 0 spiro atoms. The zero-order valence-corrected chi connectivity index (χ0v) is 12.6. The van der Waals surface area contributed by atoms with E-state index in [1.807, 2.05) is 23.1 Å². The predicted molar refractivity (Wildman–Crippen MR) is 77.8 cm³/mol. The lowest BCUT2D eigenvalue weighted by molar-refractivity contribution is 0.547. The predicted octanol–water partition coefficient (Wildman–Crippen LogP) is 3.97. The first-order valence-corrected chi connectivity index (χ1v) is 7.50. The van der Waals surface area contributed by atoms with E-state index < -0.39 is 0 Å². The number of aromatic nitrogens is 2. The van der Waals surface area contributed by atoms with E-state index in [9.17, 15) is 0 Å². The highest BCUT2D eigenvalue weighted by Crippen LogP contribution is 2.35. The van der Waals surface area contributed by atoms with Gasteiger partial charge in [-0.05, 0) is 24.9 Å². The molecule has 0 radical (unpaired) electrons. The molecule has 0 saturated carbocycles. The molecule has 1 N–H and O–H groups in total. The fourth-order valence-corrected chi connectivity index (χ4v) is 3.43. The molecule has 0 amide bonds. The van der Waals surface area contributed by atoms with Gasteiger partial charge in [-0.15, -0.1) is 11.3 Å². The molecule has 0 aliphatic carbocycles. The highest BCUT2D eigenvalue weighted by Gasteiger charge is 2.23. The van der Waals surface area contributed by atoms with Crippen LogP contribution in [0.4, 0.5) is 0 Å². The van der Waals surface area contributed by atoms with Crippen molar-refractivity contribution in [1.29, 1.82) is 0 Å². The molecule has 0 saturated heterocycles. The summed E-state index contributed by atoms with van der Waals surface area (Å²) >= 11 is 14.1. The molecule has 0 aliphatic heterocycles. The lowest BCUT2D eigenvalue weighted by Gasteiger charge is -2.19. The maximum Gasteiger partial charge on any atom is 0.0872 e. The SMILES string of the molecule is CCNC(c1sccc1Cl)c1c(Cl)cnn1CC. The molecule has 98 valence electrons. The zero-order valence-electron chi connectivity index (χ0n) is 10.3. The summed E-state index contributed by atoms with van der Waals surface area (Å²) in [4.78, 5) is 1.08. The average Bonchev–Trinajstić information content (AvgIpc) is 2.93. The lowest BCUT2D eigenvalue weighted by Crippen LogP contribution is -2.24. The molecule has 0 aliphatic rings. The van der Waals surface area contributed by atoms with Crippen LogP contribution in [0, 0.1) is 0 Å². The molecule has 0 aromatic carbocycles. The van der Waals surface area contributed by atoms with E-state index in [2.05, 4.69) is 17.3 Å². The smallest absolute Gasteiger partial charge is 0.0872 e. The molecule has 18 heavy (non-hydrogen) atoms. The van der Waals surface area contributed by atoms with E-state index in [0.717, 1.165) is 28.7 Å². The molecule has 6 heteroatoms. The van der Waals surface area contributed by atoms with Crippen LogP contribution in [0.3, 0.4) is 0 Å². The minimum atomic E-state index is -0.00236. The number of hydrogen-bond acceptors (Lipinski definition) is 3. The summed E-state index contributed by atoms with van der Waals surface area (Å²) in [6.45, 7) is 5.73. The first-order chi connectivity index (χ1) is 8.69. The van der Waals surface area contributed by atoms with E-state index in [0.29, 0.717) is 5.02 Å². The van der Waals surface area contributed by atoms with Gasteiger partial charge in [0.25, 0.3) is 0 Å². The Morgan fingerprint density at radius 1 is 1.39 bits per heavy atom. The van der Waals surface area contributed by atoms with Gasteiger partial charge in [-0.25, -0.2) is 0 Å². The Hall–Kier alpha value is -0.550. The van der Waals surface area contributed by atoms with Crippen LogP contribution in [-0.2, 0) is 6.54 Å². The fraction of sp³-hybridized carbons (Fsp3) is 0.417. The first-order valence-electron chi connectivity index (χ1n) is 5.86. The van der Waals surface area contributed by atoms with E-state index in [4.69, 9.17) is 23.2 Å². The third-order valence-corrected chi connectivity index (χ3v) is 4.44. The Morgan fingerprint density at radius 3 is 2.72 bits per heavy atom. The van der Waals surface area contributed by atoms with Crippen molar-refractivity contribution >= 4 is 34.5 Å². The molecular weight excluding hydrogens is 289 g/mol. The second-order valence-corrected chi connectivity index (χ2v) is 5.58. The van der Waals surface area contributed by atoms with Crippen LogP contribution in [0.5, 0.6) is 0 Å². The quantitative estimate of drug-likeness (QED) is 0.906. The fourth-order valence-electron chi connectivity index (χ4n) is 1.94. The van der Waals surface area contributed by atoms with Gasteiger partial charge in [0.05, 0.1) is 28.0 Å². The zero-order chi connectivity index (χ0) is 13.1. The number of halogens is 2. The number of thiophene rings is 1. The van der Waals surface area contributed by atoms with Gasteiger partial charge in [0.15, 0.2) is 0 Å². The van der Waals surface area contributed by atoms with Crippen LogP contribution in [0.15, 0.2) is 17.6 Å². The summed E-state index contributed by atoms with van der Waals surface area (Å²) in [6.07, 6.45) is 1.69. The van der Waals surface area contributed by atoms with Gasteiger partial charge in [-0.2, -0.15) is 5.10 Å². The number of rotatable bonds is 5. The van der Waals surface area contributed by atoms with Crippen LogP contribution in [-0.4, -0.2) is 16.3 Å². The molecule has 2 heterocycles. The van der Waals surface area contributed by atoms with Gasteiger partial charge < -0.3 is 5.32 Å². The summed E-state index contributed by atoms with van der Waals surface area (Å²) in [7, 11) is 0. The summed E-state index contributed by atoms with van der Waals surface area (Å²) in [5.41, 5.74) is 0.977. The number of aryl methyl sites for hydroxylation is 1. The molecular formula is C12H15Cl2N3S. The molecule has 2 aromatic heterocycles. The second kappa shape index (κ2) is 6.06. The van der Waals surface area contributed by atoms with Gasteiger partial charge in [-0.3, -0.25) is 4.68 Å². The van der Waals surface area contributed by atoms with Crippen molar-refractivity contribution in [2.75, 3.05) is 6.54 Å². The Morgan fingerprint density at radius 2 is 2.17 bits per heavy atom. The molecule has 0 bridgehead atoms. The van der Waals surface area contributed by atoms with Crippen LogP contribution >= 0.6 is 34.5 Å². The average molecular weight is 304 g/mol. The minimum absolute atomic E-state index is 0.00236. The van der Waals surface area contributed by atoms with E-state index in [-0.39, 0.29) is 6.04 Å². The Labute approximate surface area is 121 Å². The Bertz CT molecular complexity index is 521.